The summed E-state index contributed by atoms with van der Waals surface area (Å²) in [4.78, 5) is 11.1. The van der Waals surface area contributed by atoms with Crippen LogP contribution in [-0.2, 0) is 0 Å². The monoisotopic (exact) mass is 440 g/mol. The van der Waals surface area contributed by atoms with Crippen LogP contribution < -0.4 is 21.5 Å². The van der Waals surface area contributed by atoms with Crippen LogP contribution in [0.5, 0.6) is 5.75 Å². The zero-order valence-corrected chi connectivity index (χ0v) is 16.2. The van der Waals surface area contributed by atoms with Gasteiger partial charge in [-0.2, -0.15) is 0 Å². The minimum atomic E-state index is -5.07. The van der Waals surface area contributed by atoms with Gasteiger partial charge in [-0.05, 0) is 50.7 Å². The van der Waals surface area contributed by atoms with E-state index in [9.17, 15) is 22.4 Å². The van der Waals surface area contributed by atoms with Crippen LogP contribution in [0.2, 0.25) is 0 Å². The number of rotatable bonds is 5. The molecule has 1 aliphatic carbocycles. The fraction of sp³-hybridized carbons (Fsp3) is 0.529. The summed E-state index contributed by atoms with van der Waals surface area (Å²) in [7, 11) is 0. The molecular formula is C17H21ClF4N4O3. The highest BCUT2D eigenvalue weighted by atomic mass is 35.5. The summed E-state index contributed by atoms with van der Waals surface area (Å²) in [6.45, 7) is 1.80. The van der Waals surface area contributed by atoms with Crippen molar-refractivity contribution in [1.29, 1.82) is 0 Å². The van der Waals surface area contributed by atoms with Gasteiger partial charge in [0.15, 0.2) is 11.6 Å². The lowest BCUT2D eigenvalue weighted by molar-refractivity contribution is -0.275. The van der Waals surface area contributed by atoms with Gasteiger partial charge in [0.2, 0.25) is 5.89 Å². The third-order valence-electron chi connectivity index (χ3n) is 4.85. The number of hydrogen-bond acceptors (Lipinski definition) is 6. The summed E-state index contributed by atoms with van der Waals surface area (Å²) in [6.07, 6.45) is -1.83. The van der Waals surface area contributed by atoms with E-state index < -0.39 is 23.7 Å². The molecule has 1 aromatic carbocycles. The Morgan fingerprint density at radius 2 is 1.97 bits per heavy atom. The maximum absolute atomic E-state index is 14.4. The number of nitrogens with one attached hydrogen (secondary N) is 2. The number of aromatic nitrogens is 2. The van der Waals surface area contributed by atoms with Crippen LogP contribution in [0, 0.1) is 11.7 Å². The van der Waals surface area contributed by atoms with Crippen molar-refractivity contribution >= 4 is 18.1 Å². The molecule has 12 heteroatoms. The van der Waals surface area contributed by atoms with E-state index in [0.717, 1.165) is 31.7 Å². The number of anilines is 1. The standard InChI is InChI=1S/C17H20F4N4O3.ClH/c1-8(9-2-4-11(22)5-3-9)23-13-7-10(15-24-25-16(26)27-15)6-12(18)14(13)28-17(19,20)21;/h6-9,11,23H,2-5,22H2,1H3,(H,25,26);1H/t8-,9?,11?;/m0./s1. The average molecular weight is 441 g/mol. The van der Waals surface area contributed by atoms with E-state index in [-0.39, 0.29) is 47.6 Å². The van der Waals surface area contributed by atoms with E-state index >= 15 is 0 Å². The van der Waals surface area contributed by atoms with E-state index in [1.807, 2.05) is 5.10 Å². The molecule has 162 valence electrons. The van der Waals surface area contributed by atoms with Crippen molar-refractivity contribution in [3.63, 3.8) is 0 Å². The molecule has 1 heterocycles. The van der Waals surface area contributed by atoms with Crippen LogP contribution in [-0.4, -0.2) is 28.6 Å². The second-order valence-corrected chi connectivity index (χ2v) is 6.91. The van der Waals surface area contributed by atoms with Gasteiger partial charge in [-0.3, -0.25) is 0 Å². The van der Waals surface area contributed by atoms with Crippen molar-refractivity contribution in [2.75, 3.05) is 5.32 Å². The number of nitrogens with zero attached hydrogens (tertiary/aromatic N) is 1. The number of benzene rings is 1. The van der Waals surface area contributed by atoms with Gasteiger partial charge >= 0.3 is 12.1 Å². The Balaban J connectivity index is 0.00000300. The smallest absolute Gasteiger partial charge is 0.400 e. The first-order chi connectivity index (χ1) is 13.1. The van der Waals surface area contributed by atoms with Gasteiger partial charge in [0.1, 0.15) is 0 Å². The Morgan fingerprint density at radius 1 is 1.31 bits per heavy atom. The molecular weight excluding hydrogens is 420 g/mol. The van der Waals surface area contributed by atoms with E-state index in [4.69, 9.17) is 10.2 Å². The van der Waals surface area contributed by atoms with Crippen LogP contribution in [0.4, 0.5) is 23.2 Å². The maximum atomic E-state index is 14.4. The predicted octanol–water partition coefficient (Wildman–Crippen LogP) is 3.81. The van der Waals surface area contributed by atoms with Crippen molar-refractivity contribution in [1.82, 2.24) is 10.2 Å². The largest absolute Gasteiger partial charge is 0.573 e. The summed E-state index contributed by atoms with van der Waals surface area (Å²) in [5, 5.41) is 8.50. The molecule has 0 aliphatic heterocycles. The third-order valence-corrected chi connectivity index (χ3v) is 4.85. The van der Waals surface area contributed by atoms with Crippen molar-refractivity contribution in [3.8, 4) is 17.2 Å². The zero-order chi connectivity index (χ0) is 20.5. The summed E-state index contributed by atoms with van der Waals surface area (Å²) >= 11 is 0. The number of H-pyrrole nitrogens is 1. The lowest BCUT2D eigenvalue weighted by Crippen LogP contribution is -2.34. The van der Waals surface area contributed by atoms with Crippen LogP contribution >= 0.6 is 12.4 Å². The highest BCUT2D eigenvalue weighted by Gasteiger charge is 2.35. The van der Waals surface area contributed by atoms with Gasteiger partial charge in [-0.15, -0.1) is 30.7 Å². The van der Waals surface area contributed by atoms with Crippen molar-refractivity contribution in [3.05, 3.63) is 28.5 Å². The van der Waals surface area contributed by atoms with Crippen molar-refractivity contribution in [2.24, 2.45) is 11.7 Å². The van der Waals surface area contributed by atoms with Gasteiger partial charge in [-0.1, -0.05) is 0 Å². The van der Waals surface area contributed by atoms with Gasteiger partial charge in [-0.25, -0.2) is 14.3 Å². The molecule has 4 N–H and O–H groups in total. The fourth-order valence-electron chi connectivity index (χ4n) is 3.41. The molecule has 1 saturated carbocycles. The molecule has 2 aromatic rings. The van der Waals surface area contributed by atoms with E-state index in [1.54, 1.807) is 6.92 Å². The lowest BCUT2D eigenvalue weighted by Gasteiger charge is -2.32. The number of aromatic amines is 1. The first kappa shape index (κ1) is 23.0. The SMILES string of the molecule is C[C@H](Nc1cc(-c2n[nH]c(=O)o2)cc(F)c1OC(F)(F)F)C1CCC(N)CC1.Cl. The molecule has 29 heavy (non-hydrogen) atoms. The van der Waals surface area contributed by atoms with Crippen molar-refractivity contribution in [2.45, 2.75) is 51.1 Å². The minimum Gasteiger partial charge on any atom is -0.400 e. The second kappa shape index (κ2) is 9.04. The second-order valence-electron chi connectivity index (χ2n) is 6.91. The van der Waals surface area contributed by atoms with Gasteiger partial charge in [0, 0.05) is 17.6 Å². The molecule has 7 nitrogen and oxygen atoms in total. The third kappa shape index (κ3) is 5.86. The molecule has 1 fully saturated rings. The highest BCUT2D eigenvalue weighted by molar-refractivity contribution is 5.85. The Kier molecular flexibility index (Phi) is 7.17. The molecule has 0 saturated heterocycles. The number of hydrogen-bond donors (Lipinski definition) is 3. The topological polar surface area (TPSA) is 106 Å². The van der Waals surface area contributed by atoms with Gasteiger partial charge < -0.3 is 20.2 Å². The molecule has 0 spiro atoms. The Labute approximate surface area is 169 Å². The van der Waals surface area contributed by atoms with E-state index in [1.165, 1.54) is 6.07 Å². The quantitative estimate of drug-likeness (QED) is 0.610. The van der Waals surface area contributed by atoms with Crippen LogP contribution in [0.1, 0.15) is 32.6 Å². The molecule has 0 bridgehead atoms. The number of alkyl halides is 3. The summed E-state index contributed by atoms with van der Waals surface area (Å²) < 4.78 is 61.4. The minimum absolute atomic E-state index is 0. The fourth-order valence-corrected chi connectivity index (χ4v) is 3.41. The molecule has 0 radical (unpaired) electrons. The van der Waals surface area contributed by atoms with Crippen LogP contribution in [0.15, 0.2) is 21.3 Å². The first-order valence-corrected chi connectivity index (χ1v) is 8.79. The predicted molar refractivity (Wildman–Crippen MR) is 99.5 cm³/mol. The average Bonchev–Trinajstić information content (AvgIpc) is 3.04. The zero-order valence-electron chi connectivity index (χ0n) is 15.4. The van der Waals surface area contributed by atoms with Crippen molar-refractivity contribution < 1.29 is 26.7 Å². The summed E-state index contributed by atoms with van der Waals surface area (Å²) in [5.74, 6) is -3.20. The van der Waals surface area contributed by atoms with E-state index in [2.05, 4.69) is 15.2 Å². The highest BCUT2D eigenvalue weighted by Crippen LogP contribution is 2.38. The maximum Gasteiger partial charge on any atom is 0.573 e. The first-order valence-electron chi connectivity index (χ1n) is 8.79. The molecule has 1 aromatic heterocycles. The molecule has 1 atom stereocenters. The Bertz CT molecular complexity index is 878. The van der Waals surface area contributed by atoms with Gasteiger partial charge in [0.25, 0.3) is 0 Å². The molecule has 3 rings (SSSR count). The van der Waals surface area contributed by atoms with Gasteiger partial charge in [0.05, 0.1) is 5.69 Å². The normalized spacial score (nSPS) is 20.6. The number of nitrogens with two attached hydrogens (primary N) is 1. The van der Waals surface area contributed by atoms with Crippen LogP contribution in [0.3, 0.4) is 0 Å². The molecule has 0 amide bonds. The van der Waals surface area contributed by atoms with Crippen LogP contribution in [0.25, 0.3) is 11.5 Å². The Hall–Kier alpha value is -2.27. The number of halogens is 5. The summed E-state index contributed by atoms with van der Waals surface area (Å²) in [5.41, 5.74) is 5.67. The molecule has 1 aliphatic rings. The Morgan fingerprint density at radius 3 is 2.52 bits per heavy atom. The number of ether oxygens (including phenoxy) is 1. The van der Waals surface area contributed by atoms with E-state index in [0.29, 0.717) is 0 Å². The molecule has 0 unspecified atom stereocenters. The summed E-state index contributed by atoms with van der Waals surface area (Å²) in [6, 6.07) is 1.82. The lowest BCUT2D eigenvalue weighted by atomic mass is 9.82.